The molecular formula is C15H19ClN2O. The maximum Gasteiger partial charge on any atom is 0.223 e. The molecule has 1 aromatic rings. The van der Waals surface area contributed by atoms with E-state index in [1.165, 1.54) is 12.8 Å². The third-order valence-electron chi connectivity index (χ3n) is 4.20. The highest BCUT2D eigenvalue weighted by Gasteiger charge is 2.36. The molecule has 0 radical (unpaired) electrons. The molecule has 0 spiro atoms. The molecular weight excluding hydrogens is 260 g/mol. The van der Waals surface area contributed by atoms with E-state index in [0.717, 1.165) is 18.4 Å². The van der Waals surface area contributed by atoms with Gasteiger partial charge in [0.25, 0.3) is 0 Å². The Morgan fingerprint density at radius 2 is 2.05 bits per heavy atom. The lowest BCUT2D eigenvalue weighted by Gasteiger charge is -2.28. The molecule has 1 aromatic carbocycles. The predicted octanol–water partition coefficient (Wildman–Crippen LogP) is 2.49. The number of piperidine rings is 1. The summed E-state index contributed by atoms with van der Waals surface area (Å²) in [5.74, 6) is 0.372. The Labute approximate surface area is 118 Å². The van der Waals surface area contributed by atoms with Gasteiger partial charge in [-0.15, -0.1) is 0 Å². The van der Waals surface area contributed by atoms with Gasteiger partial charge >= 0.3 is 0 Å². The number of halogens is 1. The smallest absolute Gasteiger partial charge is 0.223 e. The van der Waals surface area contributed by atoms with E-state index in [1.807, 2.05) is 24.3 Å². The summed E-state index contributed by atoms with van der Waals surface area (Å²) >= 11 is 5.93. The molecule has 2 heterocycles. The standard InChI is InChI=1S/C15H19ClN2O/c16-12-3-1-2-10(6-12)9-17-15(19)11-7-13-4-5-14(8-11)18-13/h1-3,6,11,13-14,18H,4-5,7-9H2,(H,17,19)/t11?,13-,14+. The van der Waals surface area contributed by atoms with Gasteiger partial charge < -0.3 is 10.6 Å². The largest absolute Gasteiger partial charge is 0.352 e. The number of rotatable bonds is 3. The first-order chi connectivity index (χ1) is 9.20. The first-order valence-corrected chi connectivity index (χ1v) is 7.37. The number of nitrogens with one attached hydrogen (secondary N) is 2. The molecule has 1 amide bonds. The van der Waals surface area contributed by atoms with Crippen molar-refractivity contribution in [2.45, 2.75) is 44.3 Å². The van der Waals surface area contributed by atoms with E-state index in [1.54, 1.807) is 0 Å². The third kappa shape index (κ3) is 3.10. The maximum absolute atomic E-state index is 12.2. The second-order valence-electron chi connectivity index (χ2n) is 5.65. The number of hydrogen-bond donors (Lipinski definition) is 2. The molecule has 0 aliphatic carbocycles. The van der Waals surface area contributed by atoms with Crippen LogP contribution in [0.1, 0.15) is 31.2 Å². The van der Waals surface area contributed by atoms with Gasteiger partial charge in [0.15, 0.2) is 0 Å². The average molecular weight is 279 g/mol. The van der Waals surface area contributed by atoms with Crippen molar-refractivity contribution in [1.29, 1.82) is 0 Å². The van der Waals surface area contributed by atoms with Crippen LogP contribution in [0, 0.1) is 5.92 Å². The Bertz CT molecular complexity index is 465. The fourth-order valence-electron chi connectivity index (χ4n) is 3.25. The van der Waals surface area contributed by atoms with E-state index >= 15 is 0 Å². The minimum atomic E-state index is 0.179. The summed E-state index contributed by atoms with van der Waals surface area (Å²) < 4.78 is 0. The highest BCUT2D eigenvalue weighted by atomic mass is 35.5. The molecule has 2 N–H and O–H groups in total. The van der Waals surface area contributed by atoms with Crippen LogP contribution in [0.5, 0.6) is 0 Å². The lowest BCUT2D eigenvalue weighted by molar-refractivity contribution is -0.126. The van der Waals surface area contributed by atoms with Gasteiger partial charge in [-0.25, -0.2) is 0 Å². The quantitative estimate of drug-likeness (QED) is 0.892. The van der Waals surface area contributed by atoms with Crippen molar-refractivity contribution < 1.29 is 4.79 Å². The van der Waals surface area contributed by atoms with Crippen molar-refractivity contribution >= 4 is 17.5 Å². The summed E-state index contributed by atoms with van der Waals surface area (Å²) in [7, 11) is 0. The monoisotopic (exact) mass is 278 g/mol. The average Bonchev–Trinajstić information content (AvgIpc) is 2.75. The van der Waals surface area contributed by atoms with Gasteiger partial charge in [0.05, 0.1) is 0 Å². The van der Waals surface area contributed by atoms with Crippen molar-refractivity contribution in [2.75, 3.05) is 0 Å². The van der Waals surface area contributed by atoms with E-state index in [9.17, 15) is 4.79 Å². The molecule has 3 rings (SSSR count). The Kier molecular flexibility index (Phi) is 3.76. The van der Waals surface area contributed by atoms with Gasteiger partial charge in [0.1, 0.15) is 0 Å². The zero-order chi connectivity index (χ0) is 13.2. The van der Waals surface area contributed by atoms with Crippen molar-refractivity contribution in [2.24, 2.45) is 5.92 Å². The molecule has 0 aromatic heterocycles. The number of benzene rings is 1. The lowest BCUT2D eigenvalue weighted by atomic mass is 9.91. The van der Waals surface area contributed by atoms with E-state index in [2.05, 4.69) is 10.6 Å². The maximum atomic E-state index is 12.2. The summed E-state index contributed by atoms with van der Waals surface area (Å²) in [6.45, 7) is 0.568. The van der Waals surface area contributed by atoms with Crippen LogP contribution in [0.15, 0.2) is 24.3 Å². The molecule has 19 heavy (non-hydrogen) atoms. The molecule has 2 bridgehead atoms. The summed E-state index contributed by atoms with van der Waals surface area (Å²) in [5.41, 5.74) is 1.05. The fraction of sp³-hybridized carbons (Fsp3) is 0.533. The Morgan fingerprint density at radius 1 is 1.32 bits per heavy atom. The predicted molar refractivity (Wildman–Crippen MR) is 76.0 cm³/mol. The third-order valence-corrected chi connectivity index (χ3v) is 4.43. The highest BCUT2D eigenvalue weighted by Crippen LogP contribution is 2.30. The molecule has 2 fully saturated rings. The molecule has 2 aliphatic rings. The molecule has 2 aliphatic heterocycles. The van der Waals surface area contributed by atoms with Crippen LogP contribution in [-0.2, 0) is 11.3 Å². The molecule has 4 heteroatoms. The highest BCUT2D eigenvalue weighted by molar-refractivity contribution is 6.30. The van der Waals surface area contributed by atoms with Gasteiger partial charge in [-0.1, -0.05) is 23.7 Å². The van der Waals surface area contributed by atoms with E-state index in [-0.39, 0.29) is 11.8 Å². The molecule has 3 nitrogen and oxygen atoms in total. The normalized spacial score (nSPS) is 29.2. The van der Waals surface area contributed by atoms with E-state index in [0.29, 0.717) is 23.7 Å². The van der Waals surface area contributed by atoms with Crippen LogP contribution in [0.25, 0.3) is 0 Å². The Morgan fingerprint density at radius 3 is 2.74 bits per heavy atom. The Balaban J connectivity index is 1.54. The molecule has 2 saturated heterocycles. The summed E-state index contributed by atoms with van der Waals surface area (Å²) in [6.07, 6.45) is 4.42. The number of amides is 1. The van der Waals surface area contributed by atoms with Gasteiger partial charge in [0, 0.05) is 29.6 Å². The van der Waals surface area contributed by atoms with Crippen molar-refractivity contribution in [1.82, 2.24) is 10.6 Å². The van der Waals surface area contributed by atoms with Crippen LogP contribution < -0.4 is 10.6 Å². The van der Waals surface area contributed by atoms with Crippen LogP contribution in [0.3, 0.4) is 0 Å². The van der Waals surface area contributed by atoms with Gasteiger partial charge in [0.2, 0.25) is 5.91 Å². The molecule has 1 unspecified atom stereocenters. The van der Waals surface area contributed by atoms with Crippen LogP contribution in [-0.4, -0.2) is 18.0 Å². The van der Waals surface area contributed by atoms with Crippen molar-refractivity contribution in [3.63, 3.8) is 0 Å². The Hall–Kier alpha value is -1.06. The van der Waals surface area contributed by atoms with Crippen molar-refractivity contribution in [3.05, 3.63) is 34.9 Å². The van der Waals surface area contributed by atoms with Gasteiger partial charge in [-0.2, -0.15) is 0 Å². The second-order valence-corrected chi connectivity index (χ2v) is 6.09. The number of fused-ring (bicyclic) bond motifs is 2. The fourth-order valence-corrected chi connectivity index (χ4v) is 3.46. The minimum Gasteiger partial charge on any atom is -0.352 e. The second kappa shape index (κ2) is 5.51. The first-order valence-electron chi connectivity index (χ1n) is 6.99. The van der Waals surface area contributed by atoms with E-state index in [4.69, 9.17) is 11.6 Å². The topological polar surface area (TPSA) is 41.1 Å². The first kappa shape index (κ1) is 12.9. The summed E-state index contributed by atoms with van der Waals surface area (Å²) in [4.78, 5) is 12.2. The molecule has 3 atom stereocenters. The van der Waals surface area contributed by atoms with Crippen LogP contribution in [0.4, 0.5) is 0 Å². The zero-order valence-electron chi connectivity index (χ0n) is 10.9. The summed E-state index contributed by atoms with van der Waals surface area (Å²) in [5, 5.41) is 7.31. The molecule has 0 saturated carbocycles. The summed E-state index contributed by atoms with van der Waals surface area (Å²) in [6, 6.07) is 8.75. The van der Waals surface area contributed by atoms with E-state index < -0.39 is 0 Å². The molecule has 102 valence electrons. The number of carbonyl (C=O) groups is 1. The lowest BCUT2D eigenvalue weighted by Crippen LogP contribution is -2.43. The van der Waals surface area contributed by atoms with Crippen LogP contribution >= 0.6 is 11.6 Å². The van der Waals surface area contributed by atoms with Gasteiger partial charge in [-0.05, 0) is 43.4 Å². The number of carbonyl (C=O) groups excluding carboxylic acids is 1. The minimum absolute atomic E-state index is 0.179. The van der Waals surface area contributed by atoms with Crippen LogP contribution in [0.2, 0.25) is 5.02 Å². The number of hydrogen-bond acceptors (Lipinski definition) is 2. The SMILES string of the molecule is O=C(NCc1cccc(Cl)c1)C1C[C@H]2CC[C@@H](C1)N2. The zero-order valence-corrected chi connectivity index (χ0v) is 11.6. The van der Waals surface area contributed by atoms with Crippen molar-refractivity contribution in [3.8, 4) is 0 Å². The van der Waals surface area contributed by atoms with Gasteiger partial charge in [-0.3, -0.25) is 4.79 Å².